The molecule has 0 fully saturated rings. The number of hydrogen-bond acceptors (Lipinski definition) is 3. The first-order valence-corrected chi connectivity index (χ1v) is 7.08. The largest absolute Gasteiger partial charge is 0.456 e. The highest BCUT2D eigenvalue weighted by atomic mass is 79.9. The summed E-state index contributed by atoms with van der Waals surface area (Å²) >= 11 is 3.49. The molecule has 2 rings (SSSR count). The summed E-state index contributed by atoms with van der Waals surface area (Å²) < 4.78 is 6.93. The average molecular weight is 321 g/mol. The lowest BCUT2D eigenvalue weighted by molar-refractivity contribution is 0.469. The van der Waals surface area contributed by atoms with Crippen molar-refractivity contribution in [2.45, 2.75) is 20.4 Å². The molecule has 1 N–H and O–H groups in total. The van der Waals surface area contributed by atoms with Crippen LogP contribution in [0, 0.1) is 6.92 Å². The van der Waals surface area contributed by atoms with E-state index in [1.165, 1.54) is 0 Å². The fourth-order valence-corrected chi connectivity index (χ4v) is 2.06. The Morgan fingerprint density at radius 2 is 2.05 bits per heavy atom. The van der Waals surface area contributed by atoms with Crippen molar-refractivity contribution in [2.75, 3.05) is 6.54 Å². The number of pyridine rings is 1. The van der Waals surface area contributed by atoms with Crippen molar-refractivity contribution in [1.82, 2.24) is 10.3 Å². The fraction of sp³-hybridized carbons (Fsp3) is 0.267. The van der Waals surface area contributed by atoms with Gasteiger partial charge < -0.3 is 10.1 Å². The smallest absolute Gasteiger partial charge is 0.141 e. The molecule has 1 aromatic heterocycles. The second kappa shape index (κ2) is 6.68. The van der Waals surface area contributed by atoms with Crippen LogP contribution in [0.5, 0.6) is 11.5 Å². The number of nitrogens with one attached hydrogen (secondary N) is 1. The molecule has 0 radical (unpaired) electrons. The third-order valence-corrected chi connectivity index (χ3v) is 3.36. The molecule has 0 unspecified atom stereocenters. The van der Waals surface area contributed by atoms with E-state index in [-0.39, 0.29) is 0 Å². The molecule has 19 heavy (non-hydrogen) atoms. The standard InChI is InChI=1S/C15H17BrN2O/c1-3-17-9-12-10-18-11(2)8-15(12)19-14-7-5-4-6-13(14)16/h4-8,10,17H,3,9H2,1-2H3. The van der Waals surface area contributed by atoms with Gasteiger partial charge in [0.05, 0.1) is 4.47 Å². The van der Waals surface area contributed by atoms with Gasteiger partial charge in [0.25, 0.3) is 0 Å². The van der Waals surface area contributed by atoms with Gasteiger partial charge in [0.15, 0.2) is 0 Å². The summed E-state index contributed by atoms with van der Waals surface area (Å²) in [6, 6.07) is 9.79. The van der Waals surface area contributed by atoms with Gasteiger partial charge in [0.2, 0.25) is 0 Å². The van der Waals surface area contributed by atoms with Crippen LogP contribution in [0.15, 0.2) is 41.0 Å². The third kappa shape index (κ3) is 3.78. The van der Waals surface area contributed by atoms with Crippen LogP contribution in [0.1, 0.15) is 18.2 Å². The average Bonchev–Trinajstić information content (AvgIpc) is 2.40. The molecule has 0 aliphatic carbocycles. The van der Waals surface area contributed by atoms with Gasteiger partial charge in [-0.1, -0.05) is 19.1 Å². The molecule has 1 aromatic carbocycles. The summed E-state index contributed by atoms with van der Waals surface area (Å²) in [6.45, 7) is 5.71. The van der Waals surface area contributed by atoms with Crippen LogP contribution in [-0.4, -0.2) is 11.5 Å². The van der Waals surface area contributed by atoms with E-state index >= 15 is 0 Å². The monoisotopic (exact) mass is 320 g/mol. The molecule has 4 heteroatoms. The van der Waals surface area contributed by atoms with Crippen LogP contribution in [-0.2, 0) is 6.54 Å². The molecule has 0 spiro atoms. The van der Waals surface area contributed by atoms with Gasteiger partial charge in [-0.2, -0.15) is 0 Å². The summed E-state index contributed by atoms with van der Waals surface area (Å²) in [5, 5.41) is 3.29. The SMILES string of the molecule is CCNCc1cnc(C)cc1Oc1ccccc1Br. The summed E-state index contributed by atoms with van der Waals surface area (Å²) in [5.41, 5.74) is 2.01. The third-order valence-electron chi connectivity index (χ3n) is 2.70. The lowest BCUT2D eigenvalue weighted by atomic mass is 10.2. The van der Waals surface area contributed by atoms with E-state index in [1.807, 2.05) is 43.5 Å². The highest BCUT2D eigenvalue weighted by molar-refractivity contribution is 9.10. The molecule has 0 aliphatic heterocycles. The van der Waals surface area contributed by atoms with Crippen LogP contribution >= 0.6 is 15.9 Å². The zero-order chi connectivity index (χ0) is 13.7. The van der Waals surface area contributed by atoms with E-state index in [9.17, 15) is 0 Å². The zero-order valence-electron chi connectivity index (χ0n) is 11.1. The van der Waals surface area contributed by atoms with Crippen molar-refractivity contribution in [1.29, 1.82) is 0 Å². The van der Waals surface area contributed by atoms with E-state index in [0.717, 1.165) is 40.3 Å². The maximum absolute atomic E-state index is 5.99. The lowest BCUT2D eigenvalue weighted by Crippen LogP contribution is -2.12. The highest BCUT2D eigenvalue weighted by Crippen LogP contribution is 2.31. The van der Waals surface area contributed by atoms with Crippen LogP contribution in [0.3, 0.4) is 0 Å². The van der Waals surface area contributed by atoms with Crippen molar-refractivity contribution in [3.8, 4) is 11.5 Å². The van der Waals surface area contributed by atoms with Crippen LogP contribution in [0.4, 0.5) is 0 Å². The van der Waals surface area contributed by atoms with Crippen molar-refractivity contribution < 1.29 is 4.74 Å². The second-order valence-electron chi connectivity index (χ2n) is 4.25. The van der Waals surface area contributed by atoms with E-state index < -0.39 is 0 Å². The van der Waals surface area contributed by atoms with Gasteiger partial charge in [-0.25, -0.2) is 0 Å². The Hall–Kier alpha value is -1.39. The minimum Gasteiger partial charge on any atom is -0.456 e. The number of halogens is 1. The molecule has 0 saturated heterocycles. The summed E-state index contributed by atoms with van der Waals surface area (Å²) in [4.78, 5) is 4.33. The predicted molar refractivity (Wildman–Crippen MR) is 80.6 cm³/mol. The van der Waals surface area contributed by atoms with Crippen molar-refractivity contribution >= 4 is 15.9 Å². The Balaban J connectivity index is 2.27. The molecular formula is C15H17BrN2O. The Morgan fingerprint density at radius 3 is 2.79 bits per heavy atom. The van der Waals surface area contributed by atoms with Gasteiger partial charge in [-0.15, -0.1) is 0 Å². The number of aryl methyl sites for hydroxylation is 1. The predicted octanol–water partition coefficient (Wildman–Crippen LogP) is 4.05. The molecular weight excluding hydrogens is 304 g/mol. The number of benzene rings is 1. The summed E-state index contributed by atoms with van der Waals surface area (Å²) in [7, 11) is 0. The van der Waals surface area contributed by atoms with Crippen LogP contribution in [0.2, 0.25) is 0 Å². The minimum absolute atomic E-state index is 0.754. The Kier molecular flexibility index (Phi) is 4.93. The molecule has 0 amide bonds. The zero-order valence-corrected chi connectivity index (χ0v) is 12.7. The van der Waals surface area contributed by atoms with Crippen molar-refractivity contribution in [3.05, 3.63) is 52.3 Å². The minimum atomic E-state index is 0.754. The number of ether oxygens (including phenoxy) is 1. The quantitative estimate of drug-likeness (QED) is 0.902. The number of nitrogens with zero attached hydrogens (tertiary/aromatic N) is 1. The molecule has 1 heterocycles. The maximum Gasteiger partial charge on any atom is 0.141 e. The first-order chi connectivity index (χ1) is 9.20. The Labute approximate surface area is 122 Å². The van der Waals surface area contributed by atoms with Crippen LogP contribution < -0.4 is 10.1 Å². The van der Waals surface area contributed by atoms with Gasteiger partial charge in [-0.05, 0) is 41.5 Å². The first-order valence-electron chi connectivity index (χ1n) is 6.29. The highest BCUT2D eigenvalue weighted by Gasteiger charge is 2.08. The number of aromatic nitrogens is 1. The molecule has 2 aromatic rings. The normalized spacial score (nSPS) is 10.5. The summed E-state index contributed by atoms with van der Waals surface area (Å²) in [5.74, 6) is 1.66. The Bertz CT molecular complexity index is 558. The molecule has 0 saturated carbocycles. The van der Waals surface area contributed by atoms with Gasteiger partial charge in [-0.3, -0.25) is 4.98 Å². The van der Waals surface area contributed by atoms with Crippen molar-refractivity contribution in [3.63, 3.8) is 0 Å². The number of para-hydroxylation sites is 1. The lowest BCUT2D eigenvalue weighted by Gasteiger charge is -2.13. The van der Waals surface area contributed by atoms with Crippen molar-refractivity contribution in [2.24, 2.45) is 0 Å². The molecule has 0 bridgehead atoms. The second-order valence-corrected chi connectivity index (χ2v) is 5.10. The molecule has 0 aliphatic rings. The van der Waals surface area contributed by atoms with Gasteiger partial charge in [0.1, 0.15) is 11.5 Å². The topological polar surface area (TPSA) is 34.2 Å². The van der Waals surface area contributed by atoms with Gasteiger partial charge in [0, 0.05) is 30.1 Å². The fourth-order valence-electron chi connectivity index (χ4n) is 1.70. The van der Waals surface area contributed by atoms with E-state index in [2.05, 4.69) is 33.2 Å². The maximum atomic E-state index is 5.99. The Morgan fingerprint density at radius 1 is 1.26 bits per heavy atom. The van der Waals surface area contributed by atoms with Gasteiger partial charge >= 0.3 is 0 Å². The van der Waals surface area contributed by atoms with E-state index in [0.29, 0.717) is 0 Å². The van der Waals surface area contributed by atoms with Crippen LogP contribution in [0.25, 0.3) is 0 Å². The molecule has 0 atom stereocenters. The summed E-state index contributed by atoms with van der Waals surface area (Å²) in [6.07, 6.45) is 1.87. The molecule has 100 valence electrons. The molecule has 3 nitrogen and oxygen atoms in total. The van der Waals surface area contributed by atoms with E-state index in [1.54, 1.807) is 0 Å². The number of rotatable bonds is 5. The first kappa shape index (κ1) is 14.0. The number of hydrogen-bond donors (Lipinski definition) is 1. The van der Waals surface area contributed by atoms with E-state index in [4.69, 9.17) is 4.74 Å².